The molecular weight excluding hydrogens is 276 g/mol. The standard InChI is InChI=1S/C15H21ClN2O2/c1-18(14-2-4-17-5-3-14)8-11-6-13(16)7-12-9-19-10-20-15(11)12/h6-7,14,17H,2-5,8-10H2,1H3. The third-order valence-corrected chi connectivity index (χ3v) is 4.32. The van der Waals surface area contributed by atoms with Gasteiger partial charge in [0.25, 0.3) is 0 Å². The van der Waals surface area contributed by atoms with Crippen LogP contribution in [0.5, 0.6) is 5.75 Å². The molecule has 1 fully saturated rings. The Kier molecular flexibility index (Phi) is 4.46. The van der Waals surface area contributed by atoms with Gasteiger partial charge in [-0.2, -0.15) is 0 Å². The second-order valence-electron chi connectivity index (χ2n) is 5.56. The number of ether oxygens (including phenoxy) is 2. The molecule has 0 atom stereocenters. The number of hydrogen-bond acceptors (Lipinski definition) is 4. The SMILES string of the molecule is CN(Cc1cc(Cl)cc2c1OCOC2)C1CCNCC1. The molecule has 0 radical (unpaired) electrons. The summed E-state index contributed by atoms with van der Waals surface area (Å²) in [5.74, 6) is 0.960. The number of halogens is 1. The summed E-state index contributed by atoms with van der Waals surface area (Å²) >= 11 is 6.21. The molecule has 5 heteroatoms. The van der Waals surface area contributed by atoms with Crippen molar-refractivity contribution in [1.82, 2.24) is 10.2 Å². The summed E-state index contributed by atoms with van der Waals surface area (Å²) in [6.45, 7) is 3.99. The summed E-state index contributed by atoms with van der Waals surface area (Å²) in [7, 11) is 2.18. The van der Waals surface area contributed by atoms with Crippen LogP contribution in [-0.4, -0.2) is 37.9 Å². The van der Waals surface area contributed by atoms with E-state index in [2.05, 4.69) is 17.3 Å². The van der Waals surface area contributed by atoms with Crippen LogP contribution in [0.2, 0.25) is 5.02 Å². The van der Waals surface area contributed by atoms with E-state index in [1.165, 1.54) is 12.8 Å². The van der Waals surface area contributed by atoms with Crippen molar-refractivity contribution in [3.05, 3.63) is 28.3 Å². The average molecular weight is 297 g/mol. The van der Waals surface area contributed by atoms with Gasteiger partial charge in [-0.1, -0.05) is 11.6 Å². The van der Waals surface area contributed by atoms with Gasteiger partial charge in [0.2, 0.25) is 0 Å². The smallest absolute Gasteiger partial charge is 0.189 e. The zero-order valence-electron chi connectivity index (χ0n) is 11.8. The lowest BCUT2D eigenvalue weighted by atomic mass is 10.0. The van der Waals surface area contributed by atoms with Crippen molar-refractivity contribution in [2.24, 2.45) is 0 Å². The minimum Gasteiger partial charge on any atom is -0.467 e. The summed E-state index contributed by atoms with van der Waals surface area (Å²) < 4.78 is 11.0. The van der Waals surface area contributed by atoms with Crippen LogP contribution in [0.4, 0.5) is 0 Å². The van der Waals surface area contributed by atoms with Crippen LogP contribution in [0.3, 0.4) is 0 Å². The molecule has 0 unspecified atom stereocenters. The van der Waals surface area contributed by atoms with E-state index in [1.807, 2.05) is 12.1 Å². The van der Waals surface area contributed by atoms with E-state index in [9.17, 15) is 0 Å². The van der Waals surface area contributed by atoms with Crippen LogP contribution in [0.15, 0.2) is 12.1 Å². The van der Waals surface area contributed by atoms with E-state index in [0.717, 1.165) is 41.5 Å². The van der Waals surface area contributed by atoms with Gasteiger partial charge in [0, 0.05) is 28.7 Å². The van der Waals surface area contributed by atoms with Gasteiger partial charge in [-0.3, -0.25) is 4.90 Å². The topological polar surface area (TPSA) is 33.7 Å². The van der Waals surface area contributed by atoms with Crippen molar-refractivity contribution in [2.75, 3.05) is 26.9 Å². The second-order valence-corrected chi connectivity index (χ2v) is 6.00. The Morgan fingerprint density at radius 3 is 2.95 bits per heavy atom. The van der Waals surface area contributed by atoms with Crippen molar-refractivity contribution >= 4 is 11.6 Å². The molecule has 0 bridgehead atoms. The molecule has 3 rings (SSSR count). The third-order valence-electron chi connectivity index (χ3n) is 4.10. The Hall–Kier alpha value is -0.810. The number of rotatable bonds is 3. The van der Waals surface area contributed by atoms with E-state index < -0.39 is 0 Å². The fraction of sp³-hybridized carbons (Fsp3) is 0.600. The lowest BCUT2D eigenvalue weighted by Gasteiger charge is -2.32. The van der Waals surface area contributed by atoms with Gasteiger partial charge in [0.1, 0.15) is 5.75 Å². The molecule has 0 spiro atoms. The molecule has 0 aliphatic carbocycles. The normalized spacial score (nSPS) is 19.8. The highest BCUT2D eigenvalue weighted by Gasteiger charge is 2.21. The molecule has 1 saturated heterocycles. The maximum Gasteiger partial charge on any atom is 0.189 e. The third kappa shape index (κ3) is 3.09. The maximum absolute atomic E-state index is 6.21. The summed E-state index contributed by atoms with van der Waals surface area (Å²) in [6.07, 6.45) is 2.40. The molecule has 110 valence electrons. The minimum absolute atomic E-state index is 0.332. The number of hydrogen-bond donors (Lipinski definition) is 1. The van der Waals surface area contributed by atoms with Crippen molar-refractivity contribution in [1.29, 1.82) is 0 Å². The first-order valence-electron chi connectivity index (χ1n) is 7.17. The predicted molar refractivity (Wildman–Crippen MR) is 79.1 cm³/mol. The van der Waals surface area contributed by atoms with E-state index >= 15 is 0 Å². The van der Waals surface area contributed by atoms with Crippen LogP contribution in [0.1, 0.15) is 24.0 Å². The monoisotopic (exact) mass is 296 g/mol. The zero-order chi connectivity index (χ0) is 13.9. The Balaban J connectivity index is 1.77. The fourth-order valence-corrected chi connectivity index (χ4v) is 3.28. The summed E-state index contributed by atoms with van der Waals surface area (Å²) in [5, 5.41) is 4.16. The van der Waals surface area contributed by atoms with Crippen LogP contribution in [-0.2, 0) is 17.9 Å². The second kappa shape index (κ2) is 6.31. The molecule has 2 heterocycles. The number of nitrogens with one attached hydrogen (secondary N) is 1. The summed E-state index contributed by atoms with van der Waals surface area (Å²) in [6, 6.07) is 4.58. The van der Waals surface area contributed by atoms with E-state index in [-0.39, 0.29) is 0 Å². The quantitative estimate of drug-likeness (QED) is 0.929. The van der Waals surface area contributed by atoms with Crippen LogP contribution in [0, 0.1) is 0 Å². The molecule has 1 aromatic carbocycles. The molecule has 0 aromatic heterocycles. The number of nitrogens with zero attached hydrogens (tertiary/aromatic N) is 1. The average Bonchev–Trinajstić information content (AvgIpc) is 2.48. The van der Waals surface area contributed by atoms with Crippen molar-refractivity contribution in [3.8, 4) is 5.75 Å². The van der Waals surface area contributed by atoms with Crippen LogP contribution < -0.4 is 10.1 Å². The van der Waals surface area contributed by atoms with Crippen molar-refractivity contribution in [3.63, 3.8) is 0 Å². The zero-order valence-corrected chi connectivity index (χ0v) is 12.6. The van der Waals surface area contributed by atoms with Gasteiger partial charge in [-0.05, 0) is 45.1 Å². The predicted octanol–water partition coefficient (Wildman–Crippen LogP) is 2.39. The number of piperidine rings is 1. The minimum atomic E-state index is 0.332. The molecule has 0 saturated carbocycles. The first kappa shape index (κ1) is 14.1. The summed E-state index contributed by atoms with van der Waals surface area (Å²) in [4.78, 5) is 2.41. The highest BCUT2D eigenvalue weighted by molar-refractivity contribution is 6.30. The molecule has 1 N–H and O–H groups in total. The highest BCUT2D eigenvalue weighted by Crippen LogP contribution is 2.32. The first-order valence-corrected chi connectivity index (χ1v) is 7.54. The van der Waals surface area contributed by atoms with E-state index in [0.29, 0.717) is 19.4 Å². The molecule has 0 amide bonds. The lowest BCUT2D eigenvalue weighted by molar-refractivity contribution is -0.0175. The Morgan fingerprint density at radius 2 is 2.15 bits per heavy atom. The van der Waals surface area contributed by atoms with Gasteiger partial charge in [-0.25, -0.2) is 0 Å². The van der Waals surface area contributed by atoms with E-state index in [1.54, 1.807) is 0 Å². The van der Waals surface area contributed by atoms with E-state index in [4.69, 9.17) is 21.1 Å². The largest absolute Gasteiger partial charge is 0.467 e. The Labute approximate surface area is 125 Å². The molecule has 2 aliphatic heterocycles. The number of benzene rings is 1. The van der Waals surface area contributed by atoms with Gasteiger partial charge in [-0.15, -0.1) is 0 Å². The molecule has 20 heavy (non-hydrogen) atoms. The van der Waals surface area contributed by atoms with Crippen LogP contribution >= 0.6 is 11.6 Å². The maximum atomic E-state index is 6.21. The Bertz CT molecular complexity index is 475. The molecule has 1 aromatic rings. The fourth-order valence-electron chi connectivity index (χ4n) is 3.02. The molecular formula is C15H21ClN2O2. The first-order chi connectivity index (χ1) is 9.74. The van der Waals surface area contributed by atoms with Gasteiger partial charge >= 0.3 is 0 Å². The highest BCUT2D eigenvalue weighted by atomic mass is 35.5. The Morgan fingerprint density at radius 1 is 1.35 bits per heavy atom. The molecule has 4 nitrogen and oxygen atoms in total. The van der Waals surface area contributed by atoms with Gasteiger partial charge in [0.15, 0.2) is 6.79 Å². The molecule has 2 aliphatic rings. The van der Waals surface area contributed by atoms with Gasteiger partial charge in [0.05, 0.1) is 6.61 Å². The van der Waals surface area contributed by atoms with Crippen molar-refractivity contribution < 1.29 is 9.47 Å². The number of fused-ring (bicyclic) bond motifs is 1. The lowest BCUT2D eigenvalue weighted by Crippen LogP contribution is -2.40. The van der Waals surface area contributed by atoms with Gasteiger partial charge < -0.3 is 14.8 Å². The summed E-state index contributed by atoms with van der Waals surface area (Å²) in [5.41, 5.74) is 2.22. The van der Waals surface area contributed by atoms with Crippen molar-refractivity contribution in [2.45, 2.75) is 32.0 Å². The van der Waals surface area contributed by atoms with Crippen LogP contribution in [0.25, 0.3) is 0 Å².